The number of aryl methyl sites for hydroxylation is 1. The quantitative estimate of drug-likeness (QED) is 0.699. The van der Waals surface area contributed by atoms with Crippen molar-refractivity contribution in [3.63, 3.8) is 0 Å². The van der Waals surface area contributed by atoms with Crippen molar-refractivity contribution in [1.82, 2.24) is 4.98 Å². The number of pyridine rings is 1. The van der Waals surface area contributed by atoms with E-state index < -0.39 is 0 Å². The van der Waals surface area contributed by atoms with E-state index in [1.54, 1.807) is 44.7 Å². The molecule has 0 radical (unpaired) electrons. The third-order valence-corrected chi connectivity index (χ3v) is 5.05. The molecule has 0 spiro atoms. The van der Waals surface area contributed by atoms with Gasteiger partial charge in [-0.2, -0.15) is 0 Å². The highest BCUT2D eigenvalue weighted by atomic mass is 16.5. The molecule has 1 aromatic heterocycles. The molecule has 0 bridgehead atoms. The maximum atomic E-state index is 12.7. The summed E-state index contributed by atoms with van der Waals surface area (Å²) in [5, 5.41) is 2.87. The fourth-order valence-electron chi connectivity index (χ4n) is 3.56. The van der Waals surface area contributed by atoms with Crippen LogP contribution in [0.5, 0.6) is 11.5 Å². The third-order valence-electron chi connectivity index (χ3n) is 5.05. The smallest absolute Gasteiger partial charge is 0.257 e. The zero-order valence-corrected chi connectivity index (χ0v) is 16.5. The second kappa shape index (κ2) is 8.22. The Labute approximate surface area is 170 Å². The minimum atomic E-state index is -0.255. The maximum absolute atomic E-state index is 12.7. The van der Waals surface area contributed by atoms with Crippen molar-refractivity contribution in [2.45, 2.75) is 12.8 Å². The number of methoxy groups -OCH3 is 2. The van der Waals surface area contributed by atoms with Gasteiger partial charge in [0.1, 0.15) is 17.3 Å². The van der Waals surface area contributed by atoms with Crippen LogP contribution in [-0.2, 0) is 6.42 Å². The minimum absolute atomic E-state index is 0.255. The molecule has 1 aliphatic heterocycles. The number of anilines is 3. The van der Waals surface area contributed by atoms with Gasteiger partial charge in [0.25, 0.3) is 5.91 Å². The lowest BCUT2D eigenvalue weighted by atomic mass is 10.0. The van der Waals surface area contributed by atoms with Gasteiger partial charge in [0.2, 0.25) is 0 Å². The van der Waals surface area contributed by atoms with E-state index in [1.807, 2.05) is 12.1 Å². The Morgan fingerprint density at radius 1 is 1.07 bits per heavy atom. The highest BCUT2D eigenvalue weighted by molar-refractivity contribution is 6.05. The van der Waals surface area contributed by atoms with Gasteiger partial charge in [-0.05, 0) is 48.7 Å². The summed E-state index contributed by atoms with van der Waals surface area (Å²) >= 11 is 0. The molecular weight excluding hydrogens is 366 g/mol. The first-order chi connectivity index (χ1) is 14.2. The standard InChI is InChI=1S/C23H23N3O3/c1-28-18-10-11-21(29-2)19(14-18)25-23(27)17-9-12-22(24-15-17)26-13-5-7-16-6-3-4-8-20(16)26/h3-4,6,8-12,14-15H,5,7,13H2,1-2H3,(H,25,27). The number of rotatable bonds is 5. The number of nitrogens with one attached hydrogen (secondary N) is 1. The molecule has 148 valence electrons. The Kier molecular flexibility index (Phi) is 5.33. The Morgan fingerprint density at radius 3 is 2.69 bits per heavy atom. The molecule has 4 rings (SSSR count). The van der Waals surface area contributed by atoms with Crippen LogP contribution in [0.2, 0.25) is 0 Å². The van der Waals surface area contributed by atoms with E-state index in [4.69, 9.17) is 9.47 Å². The van der Waals surface area contributed by atoms with Crippen molar-refractivity contribution in [2.24, 2.45) is 0 Å². The molecule has 0 saturated heterocycles. The molecule has 1 amide bonds. The fraction of sp³-hybridized carbons (Fsp3) is 0.217. The van der Waals surface area contributed by atoms with Crippen LogP contribution in [0, 0.1) is 0 Å². The van der Waals surface area contributed by atoms with Crippen molar-refractivity contribution in [2.75, 3.05) is 31.0 Å². The highest BCUT2D eigenvalue weighted by Gasteiger charge is 2.19. The number of amides is 1. The zero-order chi connectivity index (χ0) is 20.2. The fourth-order valence-corrected chi connectivity index (χ4v) is 3.56. The van der Waals surface area contributed by atoms with Crippen LogP contribution < -0.4 is 19.7 Å². The predicted octanol–water partition coefficient (Wildman–Crippen LogP) is 4.44. The molecule has 2 aromatic carbocycles. The number of fused-ring (bicyclic) bond motifs is 1. The van der Waals surface area contributed by atoms with E-state index in [9.17, 15) is 4.79 Å². The number of carbonyl (C=O) groups excluding carboxylic acids is 1. The van der Waals surface area contributed by atoms with E-state index in [2.05, 4.69) is 33.4 Å². The summed E-state index contributed by atoms with van der Waals surface area (Å²) in [6.07, 6.45) is 3.76. The van der Waals surface area contributed by atoms with Crippen LogP contribution in [0.15, 0.2) is 60.8 Å². The van der Waals surface area contributed by atoms with Crippen LogP contribution in [0.3, 0.4) is 0 Å². The first-order valence-corrected chi connectivity index (χ1v) is 9.54. The van der Waals surface area contributed by atoms with E-state index in [-0.39, 0.29) is 5.91 Å². The summed E-state index contributed by atoms with van der Waals surface area (Å²) in [5.74, 6) is 1.79. The molecule has 3 aromatic rings. The predicted molar refractivity (Wildman–Crippen MR) is 114 cm³/mol. The lowest BCUT2D eigenvalue weighted by Gasteiger charge is -2.30. The zero-order valence-electron chi connectivity index (χ0n) is 16.5. The lowest BCUT2D eigenvalue weighted by Crippen LogP contribution is -2.25. The number of para-hydroxylation sites is 1. The molecule has 6 heteroatoms. The molecule has 0 fully saturated rings. The van der Waals surface area contributed by atoms with Crippen molar-refractivity contribution in [3.8, 4) is 11.5 Å². The number of benzene rings is 2. The SMILES string of the molecule is COc1ccc(OC)c(NC(=O)c2ccc(N3CCCc4ccccc43)nc2)c1. The average molecular weight is 389 g/mol. The molecule has 0 unspecified atom stereocenters. The summed E-state index contributed by atoms with van der Waals surface area (Å²) in [4.78, 5) is 19.5. The average Bonchev–Trinajstić information content (AvgIpc) is 2.78. The number of aromatic nitrogens is 1. The summed E-state index contributed by atoms with van der Waals surface area (Å²) < 4.78 is 10.5. The number of nitrogens with zero attached hydrogens (tertiary/aromatic N) is 2. The molecule has 0 aliphatic carbocycles. The molecule has 29 heavy (non-hydrogen) atoms. The molecule has 0 atom stereocenters. The van der Waals surface area contributed by atoms with E-state index in [1.165, 1.54) is 11.3 Å². The van der Waals surface area contributed by atoms with Gasteiger partial charge >= 0.3 is 0 Å². The lowest BCUT2D eigenvalue weighted by molar-refractivity contribution is 0.102. The summed E-state index contributed by atoms with van der Waals surface area (Å²) in [6.45, 7) is 0.913. The topological polar surface area (TPSA) is 63.7 Å². The van der Waals surface area contributed by atoms with Crippen molar-refractivity contribution in [1.29, 1.82) is 0 Å². The largest absolute Gasteiger partial charge is 0.497 e. The van der Waals surface area contributed by atoms with Gasteiger partial charge in [-0.3, -0.25) is 4.79 Å². The van der Waals surface area contributed by atoms with Crippen molar-refractivity contribution in [3.05, 3.63) is 71.9 Å². The van der Waals surface area contributed by atoms with E-state index in [0.717, 1.165) is 25.2 Å². The van der Waals surface area contributed by atoms with E-state index >= 15 is 0 Å². The van der Waals surface area contributed by atoms with E-state index in [0.29, 0.717) is 22.7 Å². The monoisotopic (exact) mass is 389 g/mol. The Balaban J connectivity index is 1.54. The summed E-state index contributed by atoms with van der Waals surface area (Å²) in [6, 6.07) is 17.3. The summed E-state index contributed by atoms with van der Waals surface area (Å²) in [5.41, 5.74) is 3.53. The van der Waals surface area contributed by atoms with Crippen LogP contribution >= 0.6 is 0 Å². The van der Waals surface area contributed by atoms with Gasteiger partial charge in [-0.1, -0.05) is 18.2 Å². The normalized spacial score (nSPS) is 12.8. The van der Waals surface area contributed by atoms with Crippen LogP contribution in [0.25, 0.3) is 0 Å². The van der Waals surface area contributed by atoms with Gasteiger partial charge in [-0.15, -0.1) is 0 Å². The van der Waals surface area contributed by atoms with Crippen LogP contribution in [-0.4, -0.2) is 31.7 Å². The molecular formula is C23H23N3O3. The molecule has 2 heterocycles. The number of hydrogen-bond acceptors (Lipinski definition) is 5. The molecule has 0 saturated carbocycles. The Hall–Kier alpha value is -3.54. The van der Waals surface area contributed by atoms with Gasteiger partial charge in [-0.25, -0.2) is 4.98 Å². The van der Waals surface area contributed by atoms with Gasteiger partial charge < -0.3 is 19.7 Å². The Bertz CT molecular complexity index is 1020. The second-order valence-corrected chi connectivity index (χ2v) is 6.81. The minimum Gasteiger partial charge on any atom is -0.497 e. The Morgan fingerprint density at radius 2 is 1.93 bits per heavy atom. The highest BCUT2D eigenvalue weighted by Crippen LogP contribution is 2.32. The molecule has 6 nitrogen and oxygen atoms in total. The van der Waals surface area contributed by atoms with Gasteiger partial charge in [0.05, 0.1) is 25.5 Å². The van der Waals surface area contributed by atoms with Crippen LogP contribution in [0.4, 0.5) is 17.2 Å². The molecule has 1 aliphatic rings. The maximum Gasteiger partial charge on any atom is 0.257 e. The van der Waals surface area contributed by atoms with Gasteiger partial charge in [0.15, 0.2) is 0 Å². The second-order valence-electron chi connectivity index (χ2n) is 6.81. The summed E-state index contributed by atoms with van der Waals surface area (Å²) in [7, 11) is 3.14. The van der Waals surface area contributed by atoms with Gasteiger partial charge in [0, 0.05) is 24.5 Å². The number of carbonyl (C=O) groups is 1. The van der Waals surface area contributed by atoms with Crippen molar-refractivity contribution >= 4 is 23.1 Å². The number of hydrogen-bond donors (Lipinski definition) is 1. The number of ether oxygens (including phenoxy) is 2. The first kappa shape index (κ1) is 18.8. The van der Waals surface area contributed by atoms with Crippen LogP contribution in [0.1, 0.15) is 22.3 Å². The first-order valence-electron chi connectivity index (χ1n) is 9.54. The molecule has 1 N–H and O–H groups in total. The third kappa shape index (κ3) is 3.87. The van der Waals surface area contributed by atoms with Crippen molar-refractivity contribution < 1.29 is 14.3 Å².